The smallest absolute Gasteiger partial charge is 0.250 e. The molecule has 2 rings (SSSR count). The number of hydrogen-bond donors (Lipinski definition) is 3. The van der Waals surface area contributed by atoms with Gasteiger partial charge in [0.15, 0.2) is 0 Å². The number of aromatic hydroxyl groups is 1. The summed E-state index contributed by atoms with van der Waals surface area (Å²) in [5.41, 5.74) is 2.92. The summed E-state index contributed by atoms with van der Waals surface area (Å²) in [6.45, 7) is 3.65. The summed E-state index contributed by atoms with van der Waals surface area (Å²) in [7, 11) is 0. The molecule has 1 aromatic carbocycles. The van der Waals surface area contributed by atoms with Crippen molar-refractivity contribution < 1.29 is 23.9 Å². The number of amides is 1. The molecule has 1 heterocycles. The second-order valence-electron chi connectivity index (χ2n) is 6.19. The molecule has 0 saturated carbocycles. The molecular weight excluding hydrogens is 346 g/mol. The molecule has 136 valence electrons. The van der Waals surface area contributed by atoms with E-state index in [0.717, 1.165) is 16.7 Å². The lowest BCUT2D eigenvalue weighted by atomic mass is 9.88. The predicted molar refractivity (Wildman–Crippen MR) is 90.5 cm³/mol. The maximum Gasteiger partial charge on any atom is 0.250 e. The van der Waals surface area contributed by atoms with Gasteiger partial charge >= 0.3 is 0 Å². The fourth-order valence-corrected chi connectivity index (χ4v) is 3.40. The Morgan fingerprint density at radius 2 is 2.20 bits per heavy atom. The van der Waals surface area contributed by atoms with Crippen molar-refractivity contribution in [1.82, 2.24) is 15.3 Å². The van der Waals surface area contributed by atoms with Gasteiger partial charge in [-0.05, 0) is 43.5 Å². The first-order valence-electron chi connectivity index (χ1n) is 7.58. The molecule has 9 heteroatoms. The van der Waals surface area contributed by atoms with Crippen LogP contribution in [0.3, 0.4) is 0 Å². The van der Waals surface area contributed by atoms with Crippen LogP contribution in [0, 0.1) is 12.3 Å². The Balaban J connectivity index is 2.14. The fourth-order valence-electron chi connectivity index (χ4n) is 2.60. The van der Waals surface area contributed by atoms with Crippen LogP contribution in [-0.4, -0.2) is 40.5 Å². The van der Waals surface area contributed by atoms with Crippen LogP contribution in [0.5, 0.6) is 5.75 Å². The Kier molecular flexibility index (Phi) is 5.93. The molecule has 0 spiro atoms. The van der Waals surface area contributed by atoms with Crippen LogP contribution in [-0.2, 0) is 22.4 Å². The van der Waals surface area contributed by atoms with E-state index in [9.17, 15) is 18.7 Å². The van der Waals surface area contributed by atoms with Crippen molar-refractivity contribution in [2.75, 3.05) is 5.75 Å². The van der Waals surface area contributed by atoms with Crippen LogP contribution in [0.4, 0.5) is 0 Å². The zero-order valence-electron chi connectivity index (χ0n) is 13.9. The van der Waals surface area contributed by atoms with E-state index >= 15 is 0 Å². The zero-order valence-corrected chi connectivity index (χ0v) is 14.7. The van der Waals surface area contributed by atoms with Crippen LogP contribution in [0.25, 0.3) is 11.1 Å². The highest BCUT2D eigenvalue weighted by atomic mass is 32.2. The molecular formula is C16H20N3O5S-. The third-order valence-corrected chi connectivity index (χ3v) is 5.01. The van der Waals surface area contributed by atoms with Gasteiger partial charge in [0.1, 0.15) is 5.75 Å². The summed E-state index contributed by atoms with van der Waals surface area (Å²) in [5.74, 6) is -0.964. The molecule has 0 aliphatic carbocycles. The number of nitrogens with zero attached hydrogens (tertiary/aromatic N) is 2. The Hall–Kier alpha value is -2.23. The monoisotopic (exact) mass is 366 g/mol. The molecule has 2 unspecified atom stereocenters. The van der Waals surface area contributed by atoms with Crippen molar-refractivity contribution in [3.8, 4) is 16.9 Å². The molecule has 2 atom stereocenters. The first-order valence-corrected chi connectivity index (χ1v) is 8.82. The topological polar surface area (TPSA) is 128 Å². The van der Waals surface area contributed by atoms with Gasteiger partial charge in [-0.25, -0.2) is 5.48 Å². The van der Waals surface area contributed by atoms with Gasteiger partial charge in [-0.15, -0.1) is 0 Å². The van der Waals surface area contributed by atoms with Gasteiger partial charge in [-0.1, -0.05) is 17.1 Å². The van der Waals surface area contributed by atoms with Gasteiger partial charge in [0.25, 0.3) is 0 Å². The number of carbonyl (C=O) groups is 1. The number of phenolic OH excluding ortho intramolecular Hbond substituents is 1. The molecule has 0 aliphatic heterocycles. The number of phenols is 1. The van der Waals surface area contributed by atoms with Crippen LogP contribution in [0.2, 0.25) is 0 Å². The van der Waals surface area contributed by atoms with Crippen molar-refractivity contribution in [3.63, 3.8) is 0 Å². The average molecular weight is 366 g/mol. The summed E-state index contributed by atoms with van der Waals surface area (Å²) in [5, 5.41) is 22.6. The van der Waals surface area contributed by atoms with Crippen molar-refractivity contribution in [1.29, 1.82) is 0 Å². The van der Waals surface area contributed by atoms with Crippen LogP contribution in [0.15, 0.2) is 30.6 Å². The van der Waals surface area contributed by atoms with Crippen LogP contribution >= 0.6 is 0 Å². The second kappa shape index (κ2) is 7.77. The van der Waals surface area contributed by atoms with E-state index in [2.05, 4.69) is 5.10 Å². The van der Waals surface area contributed by atoms with E-state index in [4.69, 9.17) is 5.21 Å². The number of aryl methyl sites for hydroxylation is 2. The number of nitrogens with one attached hydrogen (secondary N) is 1. The van der Waals surface area contributed by atoms with E-state index in [1.54, 1.807) is 35.3 Å². The van der Waals surface area contributed by atoms with Gasteiger partial charge in [0.2, 0.25) is 5.91 Å². The molecule has 0 aliphatic rings. The molecule has 1 aromatic heterocycles. The lowest BCUT2D eigenvalue weighted by molar-refractivity contribution is -0.138. The Morgan fingerprint density at radius 1 is 1.48 bits per heavy atom. The number of hydroxylamine groups is 1. The Labute approximate surface area is 147 Å². The minimum atomic E-state index is -2.42. The molecule has 0 radical (unpaired) electrons. The van der Waals surface area contributed by atoms with Crippen molar-refractivity contribution in [2.24, 2.45) is 5.41 Å². The SMILES string of the molecule is Cc1cc(O)ccc1-c1cnn(CCC(C)(CS(=O)[O-])C(=O)NO)c1. The molecule has 25 heavy (non-hydrogen) atoms. The molecule has 1 amide bonds. The Morgan fingerprint density at radius 3 is 2.80 bits per heavy atom. The largest absolute Gasteiger partial charge is 0.772 e. The normalized spacial score (nSPS) is 14.7. The third kappa shape index (κ3) is 4.65. The van der Waals surface area contributed by atoms with E-state index in [0.29, 0.717) is 6.54 Å². The standard InChI is InChI=1S/C16H21N3O5S/c1-11-7-13(20)3-4-14(11)12-8-17-19(9-12)6-5-16(2,10-25(23)24)15(21)18-22/h3-4,7-9,20,22H,5-6,10H2,1-2H3,(H,18,21)(H,23,24)/p-1. The lowest BCUT2D eigenvalue weighted by Crippen LogP contribution is -2.42. The zero-order chi connectivity index (χ0) is 18.6. The summed E-state index contributed by atoms with van der Waals surface area (Å²) in [6.07, 6.45) is 3.63. The molecule has 8 nitrogen and oxygen atoms in total. The van der Waals surface area contributed by atoms with Gasteiger partial charge in [0.05, 0.1) is 11.6 Å². The highest BCUT2D eigenvalue weighted by Gasteiger charge is 2.33. The maximum absolute atomic E-state index is 11.8. The second-order valence-corrected chi connectivity index (χ2v) is 7.09. The van der Waals surface area contributed by atoms with Gasteiger partial charge in [0, 0.05) is 24.1 Å². The number of rotatable bonds is 7. The minimum absolute atomic E-state index is 0.184. The predicted octanol–water partition coefficient (Wildman–Crippen LogP) is 1.35. The quantitative estimate of drug-likeness (QED) is 0.385. The van der Waals surface area contributed by atoms with Gasteiger partial charge in [-0.3, -0.25) is 18.9 Å². The number of benzene rings is 1. The molecule has 0 saturated heterocycles. The summed E-state index contributed by atoms with van der Waals surface area (Å²) >= 11 is -2.42. The van der Waals surface area contributed by atoms with Gasteiger partial charge in [-0.2, -0.15) is 5.10 Å². The van der Waals surface area contributed by atoms with Crippen LogP contribution in [0.1, 0.15) is 18.9 Å². The first kappa shape index (κ1) is 19.1. The molecule has 2 aromatic rings. The molecule has 3 N–H and O–H groups in total. The maximum atomic E-state index is 11.8. The highest BCUT2D eigenvalue weighted by Crippen LogP contribution is 2.27. The van der Waals surface area contributed by atoms with Gasteiger partial charge < -0.3 is 9.66 Å². The number of hydrogen-bond acceptors (Lipinski definition) is 6. The van der Waals surface area contributed by atoms with E-state index < -0.39 is 28.2 Å². The third-order valence-electron chi connectivity index (χ3n) is 4.13. The fraction of sp³-hybridized carbons (Fsp3) is 0.375. The Bertz CT molecular complexity index is 792. The van der Waals surface area contributed by atoms with Crippen molar-refractivity contribution >= 4 is 17.0 Å². The van der Waals surface area contributed by atoms with E-state index in [-0.39, 0.29) is 12.2 Å². The number of carbonyl (C=O) groups excluding carboxylic acids is 1. The van der Waals surface area contributed by atoms with Crippen molar-refractivity contribution in [2.45, 2.75) is 26.8 Å². The summed E-state index contributed by atoms with van der Waals surface area (Å²) < 4.78 is 23.6. The molecule has 0 fully saturated rings. The average Bonchev–Trinajstić information content (AvgIpc) is 3.00. The van der Waals surface area contributed by atoms with Crippen molar-refractivity contribution in [3.05, 3.63) is 36.2 Å². The van der Waals surface area contributed by atoms with E-state index in [1.165, 1.54) is 12.4 Å². The number of aromatic nitrogens is 2. The first-order chi connectivity index (χ1) is 11.7. The van der Waals surface area contributed by atoms with Crippen LogP contribution < -0.4 is 5.48 Å². The minimum Gasteiger partial charge on any atom is -0.772 e. The highest BCUT2D eigenvalue weighted by molar-refractivity contribution is 7.79. The lowest BCUT2D eigenvalue weighted by Gasteiger charge is -2.27. The molecule has 0 bridgehead atoms. The summed E-state index contributed by atoms with van der Waals surface area (Å²) in [4.78, 5) is 11.8. The summed E-state index contributed by atoms with van der Waals surface area (Å²) in [6, 6.07) is 5.03. The van der Waals surface area contributed by atoms with E-state index in [1.807, 2.05) is 6.92 Å².